The Morgan fingerprint density at radius 1 is 0.946 bits per heavy atom. The molecule has 1 saturated carbocycles. The average molecular weight is 497 g/mol. The van der Waals surface area contributed by atoms with Gasteiger partial charge in [-0.1, -0.05) is 17.6 Å². The summed E-state index contributed by atoms with van der Waals surface area (Å²) >= 11 is 0. The number of fused-ring (bicyclic) bond motifs is 1. The second-order valence-corrected chi connectivity index (χ2v) is 9.76. The van der Waals surface area contributed by atoms with Gasteiger partial charge >= 0.3 is 5.69 Å². The van der Waals surface area contributed by atoms with E-state index in [2.05, 4.69) is 10.2 Å². The number of nitrogens with one attached hydrogen (secondary N) is 1. The number of hydrogen-bond acceptors (Lipinski definition) is 5. The monoisotopic (exact) mass is 497 g/mol. The first-order chi connectivity index (χ1) is 17.8. The quantitative estimate of drug-likeness (QED) is 0.429. The normalized spacial score (nSPS) is 15.5. The number of pyridine rings is 1. The van der Waals surface area contributed by atoms with Crippen LogP contribution in [0.2, 0.25) is 0 Å². The van der Waals surface area contributed by atoms with E-state index in [1.54, 1.807) is 6.07 Å². The van der Waals surface area contributed by atoms with Crippen LogP contribution in [0.25, 0.3) is 16.7 Å². The maximum Gasteiger partial charge on any atom is 0.337 e. The molecule has 2 aliphatic rings. The summed E-state index contributed by atoms with van der Waals surface area (Å²) in [5.74, 6) is -0.622. The van der Waals surface area contributed by atoms with Gasteiger partial charge in [0.05, 0.1) is 17.1 Å². The van der Waals surface area contributed by atoms with E-state index in [1.807, 2.05) is 18.2 Å². The molecule has 2 radical (unpaired) electrons. The van der Waals surface area contributed by atoms with Crippen LogP contribution in [0.3, 0.4) is 0 Å². The van der Waals surface area contributed by atoms with Gasteiger partial charge in [-0.3, -0.25) is 18.7 Å². The molecule has 37 heavy (non-hydrogen) atoms. The predicted molar refractivity (Wildman–Crippen MR) is 144 cm³/mol. The lowest BCUT2D eigenvalue weighted by Gasteiger charge is -2.21. The number of anilines is 3. The van der Waals surface area contributed by atoms with Gasteiger partial charge in [0.1, 0.15) is 24.7 Å². The van der Waals surface area contributed by atoms with Gasteiger partial charge in [-0.25, -0.2) is 13.8 Å². The molecule has 10 heteroatoms. The van der Waals surface area contributed by atoms with Crippen molar-refractivity contribution in [3.8, 4) is 5.69 Å². The van der Waals surface area contributed by atoms with Crippen LogP contribution in [0.4, 0.5) is 21.5 Å². The third-order valence-corrected chi connectivity index (χ3v) is 7.18. The number of rotatable bonds is 5. The van der Waals surface area contributed by atoms with Gasteiger partial charge in [0.25, 0.3) is 11.1 Å². The topological polar surface area (TPSA) is 81.3 Å². The van der Waals surface area contributed by atoms with Gasteiger partial charge in [-0.15, -0.1) is 0 Å². The number of halogens is 1. The molecule has 6 rings (SSSR count). The first kappa shape index (κ1) is 23.3. The fraction of sp³-hybridized carbons (Fsp3) is 0.296. The molecule has 1 aliphatic carbocycles. The average Bonchev–Trinajstić information content (AvgIpc) is 3.54. The van der Waals surface area contributed by atoms with E-state index in [9.17, 15) is 18.8 Å². The number of aryl methyl sites for hydroxylation is 1. The van der Waals surface area contributed by atoms with E-state index in [4.69, 9.17) is 7.85 Å². The zero-order valence-corrected chi connectivity index (χ0v) is 20.4. The lowest BCUT2D eigenvalue weighted by atomic mass is 9.96. The van der Waals surface area contributed by atoms with Crippen molar-refractivity contribution < 1.29 is 4.39 Å². The third kappa shape index (κ3) is 3.96. The minimum atomic E-state index is -0.622. The summed E-state index contributed by atoms with van der Waals surface area (Å²) < 4.78 is 18.7. The second kappa shape index (κ2) is 8.79. The van der Waals surface area contributed by atoms with Gasteiger partial charge in [-0.05, 0) is 56.0 Å². The highest BCUT2D eigenvalue weighted by atomic mass is 19.1. The maximum atomic E-state index is 14.7. The first-order valence-corrected chi connectivity index (χ1v) is 12.4. The summed E-state index contributed by atoms with van der Waals surface area (Å²) in [6, 6.07) is 12.8. The number of benzene rings is 2. The zero-order valence-electron chi connectivity index (χ0n) is 20.4. The smallest absolute Gasteiger partial charge is 0.337 e. The summed E-state index contributed by atoms with van der Waals surface area (Å²) in [5, 5.41) is 3.05. The highest BCUT2D eigenvalue weighted by Gasteiger charge is 2.31. The Morgan fingerprint density at radius 2 is 1.68 bits per heavy atom. The van der Waals surface area contributed by atoms with Crippen LogP contribution >= 0.6 is 0 Å². The van der Waals surface area contributed by atoms with Crippen molar-refractivity contribution in [1.82, 2.24) is 13.7 Å². The lowest BCUT2D eigenvalue weighted by Crippen LogP contribution is -2.41. The van der Waals surface area contributed by atoms with Crippen LogP contribution in [0, 0.1) is 5.82 Å². The summed E-state index contributed by atoms with van der Waals surface area (Å²) in [6.07, 6.45) is 3.64. The molecule has 0 atom stereocenters. The van der Waals surface area contributed by atoms with Crippen LogP contribution < -0.4 is 32.5 Å². The van der Waals surface area contributed by atoms with E-state index in [1.165, 1.54) is 38.9 Å². The third-order valence-electron chi connectivity index (χ3n) is 7.18. The van der Waals surface area contributed by atoms with E-state index >= 15 is 0 Å². The van der Waals surface area contributed by atoms with E-state index in [-0.39, 0.29) is 33.9 Å². The number of aromatic nitrogens is 3. The van der Waals surface area contributed by atoms with Gasteiger partial charge in [0.2, 0.25) is 0 Å². The molecule has 1 saturated heterocycles. The summed E-state index contributed by atoms with van der Waals surface area (Å²) in [5.41, 5.74) is 0.671. The molecule has 4 aromatic rings. The number of hydrogen-bond donors (Lipinski definition) is 1. The minimum absolute atomic E-state index is 0.0647. The molecule has 1 N–H and O–H groups in total. The SMILES string of the molecule is [B]c1ccc(Nc2cc(=O)n(C)c3c2c(=O)n(C2CC2)c(=O)n3-c2cccc(N3CCCC3)c2)c(F)c1. The van der Waals surface area contributed by atoms with Crippen LogP contribution in [-0.2, 0) is 7.05 Å². The Morgan fingerprint density at radius 3 is 2.38 bits per heavy atom. The zero-order chi connectivity index (χ0) is 25.8. The molecular weight excluding hydrogens is 472 g/mol. The van der Waals surface area contributed by atoms with Crippen LogP contribution in [-0.4, -0.2) is 34.6 Å². The molecule has 0 spiro atoms. The Balaban J connectivity index is 1.66. The molecular formula is C27H25BFN5O3. The molecule has 0 bridgehead atoms. The summed E-state index contributed by atoms with van der Waals surface area (Å²) in [7, 11) is 7.21. The summed E-state index contributed by atoms with van der Waals surface area (Å²) in [6.45, 7) is 1.86. The predicted octanol–water partition coefficient (Wildman–Crippen LogP) is 2.46. The molecule has 8 nitrogen and oxygen atoms in total. The standard InChI is InChI=1S/C27H25BFN5O3/c1-31-23(35)15-22(30-21-10-7-16(28)13-20(21)29)24-25(31)33(27(37)34(26(24)36)17-8-9-17)19-6-4-5-18(14-19)32-11-2-3-12-32/h4-7,10,13-15,17,30H,2-3,8-9,11-12H2,1H3. The van der Waals surface area contributed by atoms with Crippen molar-refractivity contribution in [2.75, 3.05) is 23.3 Å². The Kier molecular flexibility index (Phi) is 5.54. The number of nitrogens with zero attached hydrogens (tertiary/aromatic N) is 4. The van der Waals surface area contributed by atoms with E-state index in [0.29, 0.717) is 5.69 Å². The van der Waals surface area contributed by atoms with Crippen LogP contribution in [0.1, 0.15) is 31.7 Å². The lowest BCUT2D eigenvalue weighted by molar-refractivity contribution is 0.632. The van der Waals surface area contributed by atoms with Gasteiger partial charge in [0.15, 0.2) is 0 Å². The Hall–Kier alpha value is -4.08. The molecule has 2 aromatic carbocycles. The molecule has 3 heterocycles. The summed E-state index contributed by atoms with van der Waals surface area (Å²) in [4.78, 5) is 42.9. The van der Waals surface area contributed by atoms with Gasteiger partial charge in [0, 0.05) is 37.9 Å². The fourth-order valence-electron chi connectivity index (χ4n) is 5.13. The van der Waals surface area contributed by atoms with Crippen molar-refractivity contribution in [3.05, 3.63) is 85.5 Å². The van der Waals surface area contributed by atoms with Crippen LogP contribution in [0.15, 0.2) is 62.9 Å². The van der Waals surface area contributed by atoms with Crippen molar-refractivity contribution in [1.29, 1.82) is 0 Å². The Labute approximate surface area is 213 Å². The highest BCUT2D eigenvalue weighted by molar-refractivity contribution is 6.32. The molecule has 0 unspecified atom stereocenters. The van der Waals surface area contributed by atoms with Gasteiger partial charge < -0.3 is 10.2 Å². The first-order valence-electron chi connectivity index (χ1n) is 12.4. The van der Waals surface area contributed by atoms with Crippen molar-refractivity contribution in [2.24, 2.45) is 7.05 Å². The Bertz CT molecular complexity index is 1730. The van der Waals surface area contributed by atoms with Crippen molar-refractivity contribution >= 4 is 41.4 Å². The fourth-order valence-corrected chi connectivity index (χ4v) is 5.13. The molecule has 2 aromatic heterocycles. The molecule has 1 aliphatic heterocycles. The molecule has 2 fully saturated rings. The second-order valence-electron chi connectivity index (χ2n) is 9.76. The molecule has 186 valence electrons. The van der Waals surface area contributed by atoms with Gasteiger partial charge in [-0.2, -0.15) is 0 Å². The van der Waals surface area contributed by atoms with Crippen LogP contribution in [0.5, 0.6) is 0 Å². The van der Waals surface area contributed by atoms with Crippen molar-refractivity contribution in [2.45, 2.75) is 31.7 Å². The highest BCUT2D eigenvalue weighted by Crippen LogP contribution is 2.34. The molecule has 0 amide bonds. The van der Waals surface area contributed by atoms with E-state index < -0.39 is 22.6 Å². The van der Waals surface area contributed by atoms with E-state index in [0.717, 1.165) is 50.5 Å². The maximum absolute atomic E-state index is 14.7. The minimum Gasteiger partial charge on any atom is -0.371 e. The largest absolute Gasteiger partial charge is 0.371 e. The van der Waals surface area contributed by atoms with Crippen molar-refractivity contribution in [3.63, 3.8) is 0 Å².